The lowest BCUT2D eigenvalue weighted by molar-refractivity contribution is -0.139. The molecular formula is C14H16N2O3S. The molecule has 1 rings (SSSR count). The normalized spacial score (nSPS) is 9.60. The monoisotopic (exact) mass is 292 g/mol. The third kappa shape index (κ3) is 6.25. The van der Waals surface area contributed by atoms with Crippen molar-refractivity contribution in [3.63, 3.8) is 0 Å². The van der Waals surface area contributed by atoms with Crippen LogP contribution in [0.4, 0.5) is 5.69 Å². The van der Waals surface area contributed by atoms with Crippen molar-refractivity contribution in [2.45, 2.75) is 13.3 Å². The van der Waals surface area contributed by atoms with Crippen molar-refractivity contribution in [3.8, 4) is 6.07 Å². The summed E-state index contributed by atoms with van der Waals surface area (Å²) in [7, 11) is 0. The number of amides is 1. The molecule has 6 heteroatoms. The number of carbonyl (C=O) groups is 2. The van der Waals surface area contributed by atoms with Crippen LogP contribution in [-0.4, -0.2) is 30.0 Å². The molecule has 0 aliphatic rings. The van der Waals surface area contributed by atoms with E-state index < -0.39 is 0 Å². The topological polar surface area (TPSA) is 79.2 Å². The molecule has 0 spiro atoms. The number of nitrogens with one attached hydrogen (secondary N) is 1. The Balaban J connectivity index is 2.31. The van der Waals surface area contributed by atoms with Crippen LogP contribution in [0.1, 0.15) is 12.5 Å². The second-order valence-electron chi connectivity index (χ2n) is 3.88. The van der Waals surface area contributed by atoms with Crippen LogP contribution in [0.25, 0.3) is 0 Å². The van der Waals surface area contributed by atoms with Crippen LogP contribution in [0.5, 0.6) is 0 Å². The number of nitrogens with zero attached hydrogens (tertiary/aromatic N) is 1. The molecule has 20 heavy (non-hydrogen) atoms. The first kappa shape index (κ1) is 16.1. The highest BCUT2D eigenvalue weighted by molar-refractivity contribution is 8.00. The fraction of sp³-hybridized carbons (Fsp3) is 0.357. The van der Waals surface area contributed by atoms with Gasteiger partial charge in [-0.2, -0.15) is 5.26 Å². The van der Waals surface area contributed by atoms with Crippen LogP contribution in [0.3, 0.4) is 0 Å². The maximum absolute atomic E-state index is 11.6. The van der Waals surface area contributed by atoms with Crippen molar-refractivity contribution in [1.29, 1.82) is 5.26 Å². The van der Waals surface area contributed by atoms with Gasteiger partial charge in [-0.15, -0.1) is 11.8 Å². The Hall–Kier alpha value is -2.00. The van der Waals surface area contributed by atoms with Gasteiger partial charge in [0, 0.05) is 5.69 Å². The van der Waals surface area contributed by atoms with E-state index in [1.54, 1.807) is 31.2 Å². The minimum Gasteiger partial charge on any atom is -0.465 e. The summed E-state index contributed by atoms with van der Waals surface area (Å²) >= 11 is 1.21. The van der Waals surface area contributed by atoms with Gasteiger partial charge in [-0.25, -0.2) is 0 Å². The molecule has 5 nitrogen and oxygen atoms in total. The zero-order valence-corrected chi connectivity index (χ0v) is 12.0. The molecule has 1 aromatic rings. The van der Waals surface area contributed by atoms with Crippen LogP contribution in [0, 0.1) is 11.3 Å². The van der Waals surface area contributed by atoms with E-state index in [1.807, 2.05) is 0 Å². The molecule has 0 heterocycles. The van der Waals surface area contributed by atoms with E-state index in [9.17, 15) is 9.59 Å². The van der Waals surface area contributed by atoms with Crippen molar-refractivity contribution in [3.05, 3.63) is 29.8 Å². The van der Waals surface area contributed by atoms with Crippen LogP contribution >= 0.6 is 11.8 Å². The molecule has 0 atom stereocenters. The van der Waals surface area contributed by atoms with E-state index in [-0.39, 0.29) is 23.4 Å². The second kappa shape index (κ2) is 8.99. The van der Waals surface area contributed by atoms with E-state index in [0.717, 1.165) is 5.56 Å². The van der Waals surface area contributed by atoms with Gasteiger partial charge in [-0.3, -0.25) is 9.59 Å². The van der Waals surface area contributed by atoms with Crippen molar-refractivity contribution in [1.82, 2.24) is 0 Å². The van der Waals surface area contributed by atoms with Gasteiger partial charge in [-0.1, -0.05) is 12.1 Å². The van der Waals surface area contributed by atoms with Gasteiger partial charge in [0.15, 0.2) is 0 Å². The minimum absolute atomic E-state index is 0.169. The largest absolute Gasteiger partial charge is 0.465 e. The summed E-state index contributed by atoms with van der Waals surface area (Å²) in [6.45, 7) is 2.09. The summed E-state index contributed by atoms with van der Waals surface area (Å²) in [4.78, 5) is 22.7. The fourth-order valence-corrected chi connectivity index (χ4v) is 2.03. The molecule has 0 bridgehead atoms. The van der Waals surface area contributed by atoms with Crippen molar-refractivity contribution in [2.75, 3.05) is 23.4 Å². The summed E-state index contributed by atoms with van der Waals surface area (Å²) in [5.74, 6) is -0.125. The van der Waals surface area contributed by atoms with Crippen LogP contribution in [-0.2, 0) is 20.7 Å². The highest BCUT2D eigenvalue weighted by Gasteiger charge is 2.06. The standard InChI is InChI=1S/C14H16N2O3S/c1-2-19-14(18)10-20-9-13(17)16-12-5-3-11(4-6-12)7-8-15/h3-6H,2,7,9-10H2,1H3,(H,16,17). The Morgan fingerprint density at radius 3 is 2.60 bits per heavy atom. The number of rotatable bonds is 7. The molecule has 0 aromatic heterocycles. The zero-order valence-electron chi connectivity index (χ0n) is 11.2. The lowest BCUT2D eigenvalue weighted by Gasteiger charge is -2.05. The Morgan fingerprint density at radius 1 is 1.30 bits per heavy atom. The first-order chi connectivity index (χ1) is 9.65. The summed E-state index contributed by atoms with van der Waals surface area (Å²) in [6.07, 6.45) is 0.351. The average molecular weight is 292 g/mol. The number of benzene rings is 1. The van der Waals surface area contributed by atoms with Gasteiger partial charge >= 0.3 is 5.97 Å². The van der Waals surface area contributed by atoms with Crippen LogP contribution in [0.2, 0.25) is 0 Å². The summed E-state index contributed by atoms with van der Waals surface area (Å²) < 4.78 is 4.76. The summed E-state index contributed by atoms with van der Waals surface area (Å²) in [6, 6.07) is 9.15. The molecule has 1 N–H and O–H groups in total. The van der Waals surface area contributed by atoms with Crippen molar-refractivity contribution in [2.24, 2.45) is 0 Å². The molecule has 0 unspecified atom stereocenters. The van der Waals surface area contributed by atoms with Crippen molar-refractivity contribution < 1.29 is 14.3 Å². The maximum atomic E-state index is 11.6. The minimum atomic E-state index is -0.314. The first-order valence-corrected chi connectivity index (χ1v) is 7.30. The molecule has 0 saturated carbocycles. The molecule has 0 saturated heterocycles. The van der Waals surface area contributed by atoms with E-state index in [4.69, 9.17) is 10.00 Å². The lowest BCUT2D eigenvalue weighted by Crippen LogP contribution is -2.16. The third-order valence-electron chi connectivity index (χ3n) is 2.28. The molecule has 0 aliphatic carbocycles. The van der Waals surface area contributed by atoms with Gasteiger partial charge in [0.1, 0.15) is 0 Å². The van der Waals surface area contributed by atoms with Gasteiger partial charge in [-0.05, 0) is 24.6 Å². The summed E-state index contributed by atoms with van der Waals surface area (Å²) in [5.41, 5.74) is 1.58. The van der Waals surface area contributed by atoms with E-state index in [1.165, 1.54) is 11.8 Å². The van der Waals surface area contributed by atoms with Crippen molar-refractivity contribution >= 4 is 29.3 Å². The molecule has 1 amide bonds. The second-order valence-corrected chi connectivity index (χ2v) is 4.86. The number of hydrogen-bond acceptors (Lipinski definition) is 5. The number of anilines is 1. The van der Waals surface area contributed by atoms with E-state index in [0.29, 0.717) is 18.7 Å². The van der Waals surface area contributed by atoms with Gasteiger partial charge < -0.3 is 10.1 Å². The first-order valence-electron chi connectivity index (χ1n) is 6.14. The number of hydrogen-bond donors (Lipinski definition) is 1. The summed E-state index contributed by atoms with van der Waals surface area (Å²) in [5, 5.41) is 11.3. The highest BCUT2D eigenvalue weighted by Crippen LogP contribution is 2.11. The molecule has 106 valence electrons. The quantitative estimate of drug-likeness (QED) is 0.777. The zero-order chi connectivity index (χ0) is 14.8. The molecule has 0 radical (unpaired) electrons. The number of esters is 1. The van der Waals surface area contributed by atoms with Crippen LogP contribution in [0.15, 0.2) is 24.3 Å². The van der Waals surface area contributed by atoms with E-state index >= 15 is 0 Å². The van der Waals surface area contributed by atoms with Crippen LogP contribution < -0.4 is 5.32 Å². The number of ether oxygens (including phenoxy) is 1. The number of nitriles is 1. The van der Waals surface area contributed by atoms with Gasteiger partial charge in [0.05, 0.1) is 30.6 Å². The Morgan fingerprint density at radius 2 is 2.00 bits per heavy atom. The number of carbonyl (C=O) groups excluding carboxylic acids is 2. The average Bonchev–Trinajstić information content (AvgIpc) is 2.41. The highest BCUT2D eigenvalue weighted by atomic mass is 32.2. The van der Waals surface area contributed by atoms with Gasteiger partial charge in [0.2, 0.25) is 5.91 Å². The fourth-order valence-electron chi connectivity index (χ4n) is 1.42. The van der Waals surface area contributed by atoms with Gasteiger partial charge in [0.25, 0.3) is 0 Å². The third-order valence-corrected chi connectivity index (χ3v) is 3.19. The van der Waals surface area contributed by atoms with E-state index in [2.05, 4.69) is 11.4 Å². The SMILES string of the molecule is CCOC(=O)CSCC(=O)Nc1ccc(CC#N)cc1. The molecule has 1 aromatic carbocycles. The smallest absolute Gasteiger partial charge is 0.315 e. The molecule has 0 fully saturated rings. The number of thioether (sulfide) groups is 1. The molecule has 0 aliphatic heterocycles. The molecular weight excluding hydrogens is 276 g/mol. The Bertz CT molecular complexity index is 494. The maximum Gasteiger partial charge on any atom is 0.315 e. The predicted molar refractivity (Wildman–Crippen MR) is 78.3 cm³/mol. The Labute approximate surface area is 122 Å². The predicted octanol–water partition coefficient (Wildman–Crippen LogP) is 1.99. The Kier molecular flexibility index (Phi) is 7.22. The lowest BCUT2D eigenvalue weighted by atomic mass is 10.1.